The number of nitrogens with one attached hydrogen (secondary N) is 3. The Balaban J connectivity index is 1.68. The van der Waals surface area contributed by atoms with Crippen molar-refractivity contribution < 1.29 is 14.4 Å². The summed E-state index contributed by atoms with van der Waals surface area (Å²) in [7, 11) is 0. The molecule has 0 saturated carbocycles. The first-order valence-corrected chi connectivity index (χ1v) is 7.06. The van der Waals surface area contributed by atoms with Gasteiger partial charge in [0.05, 0.1) is 17.8 Å². The Morgan fingerprint density at radius 1 is 1.35 bits per heavy atom. The third-order valence-corrected chi connectivity index (χ3v) is 3.70. The number of aromatic nitrogens is 2. The van der Waals surface area contributed by atoms with Crippen LogP contribution in [0.2, 0.25) is 0 Å². The summed E-state index contributed by atoms with van der Waals surface area (Å²) in [6.07, 6.45) is 1.79. The van der Waals surface area contributed by atoms with E-state index < -0.39 is 11.8 Å². The molecule has 1 aromatic carbocycles. The molecule has 0 saturated heterocycles. The maximum absolute atomic E-state index is 12.1. The number of para-hydroxylation sites is 1. The van der Waals surface area contributed by atoms with Crippen LogP contribution < -0.4 is 16.4 Å². The van der Waals surface area contributed by atoms with Crippen LogP contribution in [0.25, 0.3) is 0 Å². The van der Waals surface area contributed by atoms with Crippen LogP contribution in [-0.4, -0.2) is 27.9 Å². The number of nitrogens with two attached hydrogens (primary N) is 1. The van der Waals surface area contributed by atoms with E-state index in [-0.39, 0.29) is 29.6 Å². The molecule has 1 unspecified atom stereocenters. The van der Waals surface area contributed by atoms with Crippen LogP contribution in [0.15, 0.2) is 30.5 Å². The number of carbonyl (C=O) groups excluding carboxylic acids is 3. The lowest BCUT2D eigenvalue weighted by atomic mass is 9.90. The number of amides is 3. The van der Waals surface area contributed by atoms with Gasteiger partial charge >= 0.3 is 0 Å². The molecule has 0 spiro atoms. The topological polar surface area (TPSA) is 130 Å². The van der Waals surface area contributed by atoms with Crippen molar-refractivity contribution in [2.45, 2.75) is 12.8 Å². The summed E-state index contributed by atoms with van der Waals surface area (Å²) in [5.74, 6) is -1.76. The van der Waals surface area contributed by atoms with E-state index in [9.17, 15) is 14.4 Å². The largest absolute Gasteiger partial charge is 0.364 e. The van der Waals surface area contributed by atoms with Crippen molar-refractivity contribution in [3.8, 4) is 0 Å². The molecule has 8 nitrogen and oxygen atoms in total. The highest BCUT2D eigenvalue weighted by Crippen LogP contribution is 2.27. The lowest BCUT2D eigenvalue weighted by molar-refractivity contribution is -0.125. The molecule has 2 aromatic rings. The number of benzene rings is 1. The second kappa shape index (κ2) is 5.91. The molecule has 5 N–H and O–H groups in total. The fraction of sp³-hybridized carbons (Fsp3) is 0.200. The van der Waals surface area contributed by atoms with Crippen molar-refractivity contribution in [3.63, 3.8) is 0 Å². The quantitative estimate of drug-likeness (QED) is 0.660. The number of carbonyl (C=O) groups is 3. The summed E-state index contributed by atoms with van der Waals surface area (Å²) < 4.78 is 0. The Hall–Kier alpha value is -3.16. The average molecular weight is 313 g/mol. The number of rotatable bonds is 4. The van der Waals surface area contributed by atoms with Crippen molar-refractivity contribution in [1.82, 2.24) is 10.2 Å². The first-order valence-electron chi connectivity index (χ1n) is 7.06. The van der Waals surface area contributed by atoms with Gasteiger partial charge in [-0.3, -0.25) is 19.5 Å². The molecular weight excluding hydrogens is 298 g/mol. The highest BCUT2D eigenvalue weighted by atomic mass is 16.2. The smallest absolute Gasteiger partial charge is 0.268 e. The maximum Gasteiger partial charge on any atom is 0.268 e. The van der Waals surface area contributed by atoms with Crippen molar-refractivity contribution in [1.29, 1.82) is 0 Å². The molecule has 1 aliphatic rings. The minimum absolute atomic E-state index is 0.00352. The molecule has 1 aliphatic heterocycles. The van der Waals surface area contributed by atoms with Crippen molar-refractivity contribution in [3.05, 3.63) is 41.7 Å². The molecule has 2 heterocycles. The van der Waals surface area contributed by atoms with E-state index in [1.807, 2.05) is 24.3 Å². The monoisotopic (exact) mass is 313 g/mol. The molecule has 118 valence electrons. The third-order valence-electron chi connectivity index (χ3n) is 3.70. The average Bonchev–Trinajstić information content (AvgIpc) is 2.96. The van der Waals surface area contributed by atoms with Crippen LogP contribution in [0.1, 0.15) is 22.5 Å². The predicted molar refractivity (Wildman–Crippen MR) is 82.6 cm³/mol. The fourth-order valence-corrected chi connectivity index (χ4v) is 2.57. The zero-order valence-corrected chi connectivity index (χ0v) is 12.1. The molecule has 0 aliphatic carbocycles. The normalized spacial score (nSPS) is 16.3. The van der Waals surface area contributed by atoms with Crippen LogP contribution in [0.3, 0.4) is 0 Å². The summed E-state index contributed by atoms with van der Waals surface area (Å²) in [5.41, 5.74) is 7.17. The van der Waals surface area contributed by atoms with Gasteiger partial charge in [0, 0.05) is 12.1 Å². The predicted octanol–water partition coefficient (Wildman–Crippen LogP) is 0.648. The van der Waals surface area contributed by atoms with Gasteiger partial charge in [0.25, 0.3) is 5.91 Å². The highest BCUT2D eigenvalue weighted by molar-refractivity contribution is 6.03. The standard InChI is InChI=1S/C15H15N5O3/c16-14(22)13-11(7-17-20-13)18-12(21)6-9-5-8-3-1-2-4-10(8)19-15(9)23/h1-4,7,9H,5-6H2,(H2,16,22)(H,17,20)(H,18,21)(H,19,23). The molecule has 0 bridgehead atoms. The Morgan fingerprint density at radius 2 is 2.13 bits per heavy atom. The lowest BCUT2D eigenvalue weighted by Gasteiger charge is -2.24. The Kier molecular flexibility index (Phi) is 3.80. The number of anilines is 2. The zero-order chi connectivity index (χ0) is 16.4. The summed E-state index contributed by atoms with van der Waals surface area (Å²) in [5, 5.41) is 11.4. The van der Waals surface area contributed by atoms with Gasteiger partial charge in [-0.25, -0.2) is 0 Å². The van der Waals surface area contributed by atoms with Gasteiger partial charge in [-0.15, -0.1) is 0 Å². The van der Waals surface area contributed by atoms with Crippen LogP contribution in [-0.2, 0) is 16.0 Å². The number of nitrogens with zero attached hydrogens (tertiary/aromatic N) is 1. The van der Waals surface area contributed by atoms with Gasteiger partial charge < -0.3 is 16.4 Å². The molecule has 23 heavy (non-hydrogen) atoms. The lowest BCUT2D eigenvalue weighted by Crippen LogP contribution is -2.33. The summed E-state index contributed by atoms with van der Waals surface area (Å²) in [6.45, 7) is 0. The van der Waals surface area contributed by atoms with Gasteiger partial charge in [0.1, 0.15) is 5.69 Å². The molecule has 3 amide bonds. The second-order valence-electron chi connectivity index (χ2n) is 5.32. The first-order chi connectivity index (χ1) is 11.0. The van der Waals surface area contributed by atoms with Crippen molar-refractivity contribution >= 4 is 29.1 Å². The molecule has 0 radical (unpaired) electrons. The number of hydrogen-bond donors (Lipinski definition) is 4. The third kappa shape index (κ3) is 3.05. The van der Waals surface area contributed by atoms with E-state index in [0.29, 0.717) is 6.42 Å². The summed E-state index contributed by atoms with van der Waals surface area (Å²) >= 11 is 0. The van der Waals surface area contributed by atoms with E-state index in [2.05, 4.69) is 20.8 Å². The second-order valence-corrected chi connectivity index (χ2v) is 5.32. The Bertz CT molecular complexity index is 783. The molecule has 8 heteroatoms. The minimum atomic E-state index is -0.720. The van der Waals surface area contributed by atoms with Crippen LogP contribution in [0.4, 0.5) is 11.4 Å². The number of H-pyrrole nitrogens is 1. The molecule has 1 atom stereocenters. The number of aromatic amines is 1. The van der Waals surface area contributed by atoms with Gasteiger partial charge in [0.15, 0.2) is 0 Å². The van der Waals surface area contributed by atoms with Crippen LogP contribution in [0.5, 0.6) is 0 Å². The Morgan fingerprint density at radius 3 is 2.91 bits per heavy atom. The summed E-state index contributed by atoms with van der Waals surface area (Å²) in [4.78, 5) is 35.4. The van der Waals surface area contributed by atoms with Gasteiger partial charge in [-0.1, -0.05) is 18.2 Å². The van der Waals surface area contributed by atoms with Gasteiger partial charge in [0.2, 0.25) is 11.8 Å². The number of fused-ring (bicyclic) bond motifs is 1. The molecule has 0 fully saturated rings. The minimum Gasteiger partial charge on any atom is -0.364 e. The zero-order valence-electron chi connectivity index (χ0n) is 12.1. The van der Waals surface area contributed by atoms with Crippen LogP contribution in [0, 0.1) is 5.92 Å². The van der Waals surface area contributed by atoms with E-state index in [1.54, 1.807) is 0 Å². The van der Waals surface area contributed by atoms with E-state index >= 15 is 0 Å². The maximum atomic E-state index is 12.1. The van der Waals surface area contributed by atoms with E-state index in [0.717, 1.165) is 11.3 Å². The van der Waals surface area contributed by atoms with Crippen LogP contribution >= 0.6 is 0 Å². The SMILES string of the molecule is NC(=O)c1[nH]ncc1NC(=O)CC1Cc2ccccc2NC1=O. The van der Waals surface area contributed by atoms with Gasteiger partial charge in [-0.2, -0.15) is 5.10 Å². The Labute approximate surface area is 131 Å². The summed E-state index contributed by atoms with van der Waals surface area (Å²) in [6, 6.07) is 7.48. The fourth-order valence-electron chi connectivity index (χ4n) is 2.57. The molecular formula is C15H15N5O3. The van der Waals surface area contributed by atoms with Crippen molar-refractivity contribution in [2.75, 3.05) is 10.6 Å². The molecule has 3 rings (SSSR count). The first kappa shape index (κ1) is 14.8. The number of hydrogen-bond acceptors (Lipinski definition) is 4. The molecule has 1 aromatic heterocycles. The number of primary amides is 1. The van der Waals surface area contributed by atoms with Crippen molar-refractivity contribution in [2.24, 2.45) is 11.7 Å². The van der Waals surface area contributed by atoms with E-state index in [4.69, 9.17) is 5.73 Å². The highest BCUT2D eigenvalue weighted by Gasteiger charge is 2.28. The van der Waals surface area contributed by atoms with E-state index in [1.165, 1.54) is 6.20 Å². The van der Waals surface area contributed by atoms with Gasteiger partial charge in [-0.05, 0) is 18.1 Å².